The molecule has 76 valence electrons. The molecule has 0 saturated carbocycles. The van der Waals surface area contributed by atoms with E-state index in [0.29, 0.717) is 5.92 Å². The minimum Gasteiger partial charge on any atom is -0.304 e. The average Bonchev–Trinajstić information content (AvgIpc) is 2.50. The third-order valence-corrected chi connectivity index (χ3v) is 2.06. The van der Waals surface area contributed by atoms with Crippen molar-refractivity contribution in [3.05, 3.63) is 29.9 Å². The van der Waals surface area contributed by atoms with E-state index in [2.05, 4.69) is 29.6 Å². The SMILES string of the molecule is C/C=C\c1ncc(C(C)C)n1/C=C\C. The van der Waals surface area contributed by atoms with Crippen LogP contribution in [0.2, 0.25) is 0 Å². The summed E-state index contributed by atoms with van der Waals surface area (Å²) in [6, 6.07) is 0. The van der Waals surface area contributed by atoms with Crippen molar-refractivity contribution in [3.63, 3.8) is 0 Å². The summed E-state index contributed by atoms with van der Waals surface area (Å²) in [6.45, 7) is 8.38. The van der Waals surface area contributed by atoms with Gasteiger partial charge in [-0.15, -0.1) is 0 Å². The normalized spacial score (nSPS) is 12.4. The highest BCUT2D eigenvalue weighted by Gasteiger charge is 2.08. The Hall–Kier alpha value is -1.31. The molecule has 0 fully saturated rings. The highest BCUT2D eigenvalue weighted by molar-refractivity contribution is 5.46. The van der Waals surface area contributed by atoms with Crippen molar-refractivity contribution in [2.75, 3.05) is 0 Å². The number of imidazole rings is 1. The van der Waals surface area contributed by atoms with Gasteiger partial charge in [-0.25, -0.2) is 4.98 Å². The van der Waals surface area contributed by atoms with Crippen LogP contribution in [0, 0.1) is 0 Å². The second-order valence-corrected chi connectivity index (χ2v) is 3.55. The fraction of sp³-hybridized carbons (Fsp3) is 0.417. The molecule has 0 spiro atoms. The van der Waals surface area contributed by atoms with E-state index in [0.717, 1.165) is 5.82 Å². The summed E-state index contributed by atoms with van der Waals surface area (Å²) in [7, 11) is 0. The van der Waals surface area contributed by atoms with Gasteiger partial charge >= 0.3 is 0 Å². The van der Waals surface area contributed by atoms with Crippen LogP contribution in [0.25, 0.3) is 12.3 Å². The Morgan fingerprint density at radius 3 is 2.50 bits per heavy atom. The minimum atomic E-state index is 0.498. The Morgan fingerprint density at radius 2 is 2.00 bits per heavy atom. The fourth-order valence-electron chi connectivity index (χ4n) is 1.40. The molecule has 0 aliphatic heterocycles. The Balaban J connectivity index is 3.19. The van der Waals surface area contributed by atoms with Crippen molar-refractivity contribution < 1.29 is 0 Å². The van der Waals surface area contributed by atoms with E-state index in [1.165, 1.54) is 5.69 Å². The third kappa shape index (κ3) is 2.13. The lowest BCUT2D eigenvalue weighted by atomic mass is 10.1. The lowest BCUT2D eigenvalue weighted by molar-refractivity contribution is 0.799. The van der Waals surface area contributed by atoms with E-state index in [-0.39, 0.29) is 0 Å². The Morgan fingerprint density at radius 1 is 1.29 bits per heavy atom. The summed E-state index contributed by atoms with van der Waals surface area (Å²) in [5.74, 6) is 1.49. The molecule has 0 saturated heterocycles. The standard InChI is InChI=1S/C12H18N2/c1-5-7-12-13-9-11(10(3)4)14(12)8-6-2/h5-10H,1-4H3/b7-5-,8-6-. The van der Waals surface area contributed by atoms with Crippen molar-refractivity contribution in [2.24, 2.45) is 0 Å². The van der Waals surface area contributed by atoms with Gasteiger partial charge in [0.2, 0.25) is 0 Å². The molecule has 2 nitrogen and oxygen atoms in total. The molecule has 2 heteroatoms. The van der Waals surface area contributed by atoms with Gasteiger partial charge in [0.1, 0.15) is 5.82 Å². The summed E-state index contributed by atoms with van der Waals surface area (Å²) in [5.41, 5.74) is 1.25. The summed E-state index contributed by atoms with van der Waals surface area (Å²) in [4.78, 5) is 4.37. The van der Waals surface area contributed by atoms with Gasteiger partial charge in [-0.1, -0.05) is 26.0 Å². The van der Waals surface area contributed by atoms with E-state index in [1.807, 2.05) is 38.3 Å². The first-order valence-corrected chi connectivity index (χ1v) is 5.03. The van der Waals surface area contributed by atoms with Crippen molar-refractivity contribution in [2.45, 2.75) is 33.6 Å². The van der Waals surface area contributed by atoms with Gasteiger partial charge in [0.15, 0.2) is 0 Å². The molecule has 0 unspecified atom stereocenters. The van der Waals surface area contributed by atoms with Crippen molar-refractivity contribution >= 4 is 12.3 Å². The summed E-state index contributed by atoms with van der Waals surface area (Å²) in [5, 5.41) is 0. The van der Waals surface area contributed by atoms with E-state index in [9.17, 15) is 0 Å². The van der Waals surface area contributed by atoms with Crippen LogP contribution in [-0.2, 0) is 0 Å². The highest BCUT2D eigenvalue weighted by atomic mass is 15.1. The lowest BCUT2D eigenvalue weighted by Crippen LogP contribution is -1.98. The highest BCUT2D eigenvalue weighted by Crippen LogP contribution is 2.17. The maximum absolute atomic E-state index is 4.37. The number of aromatic nitrogens is 2. The van der Waals surface area contributed by atoms with Gasteiger partial charge in [0.05, 0.1) is 0 Å². The number of hydrogen-bond acceptors (Lipinski definition) is 1. The summed E-state index contributed by atoms with van der Waals surface area (Å²) >= 11 is 0. The maximum atomic E-state index is 4.37. The van der Waals surface area contributed by atoms with Crippen LogP contribution in [0.1, 0.15) is 45.1 Å². The zero-order valence-electron chi connectivity index (χ0n) is 9.36. The van der Waals surface area contributed by atoms with Crippen LogP contribution in [0.4, 0.5) is 0 Å². The summed E-state index contributed by atoms with van der Waals surface area (Å²) < 4.78 is 2.13. The van der Waals surface area contributed by atoms with Crippen LogP contribution in [-0.4, -0.2) is 9.55 Å². The Bertz CT molecular complexity index is 343. The van der Waals surface area contributed by atoms with Gasteiger partial charge in [-0.2, -0.15) is 0 Å². The van der Waals surface area contributed by atoms with Crippen LogP contribution in [0.15, 0.2) is 18.3 Å². The quantitative estimate of drug-likeness (QED) is 0.713. The fourth-order valence-corrected chi connectivity index (χ4v) is 1.40. The minimum absolute atomic E-state index is 0.498. The third-order valence-electron chi connectivity index (χ3n) is 2.06. The number of allylic oxidation sites excluding steroid dienone is 2. The van der Waals surface area contributed by atoms with Gasteiger partial charge in [-0.05, 0) is 25.8 Å². The van der Waals surface area contributed by atoms with Crippen molar-refractivity contribution in [3.8, 4) is 0 Å². The Kier molecular flexibility index (Phi) is 3.69. The van der Waals surface area contributed by atoms with E-state index in [4.69, 9.17) is 0 Å². The van der Waals surface area contributed by atoms with Gasteiger partial charge in [0.25, 0.3) is 0 Å². The molecule has 0 radical (unpaired) electrons. The first-order chi connectivity index (χ1) is 6.70. The first-order valence-electron chi connectivity index (χ1n) is 5.03. The second-order valence-electron chi connectivity index (χ2n) is 3.55. The molecule has 14 heavy (non-hydrogen) atoms. The molecule has 1 heterocycles. The second kappa shape index (κ2) is 4.80. The van der Waals surface area contributed by atoms with Gasteiger partial charge in [-0.3, -0.25) is 0 Å². The van der Waals surface area contributed by atoms with Crippen molar-refractivity contribution in [1.82, 2.24) is 9.55 Å². The van der Waals surface area contributed by atoms with E-state index < -0.39 is 0 Å². The zero-order valence-corrected chi connectivity index (χ0v) is 9.36. The molecule has 1 aromatic heterocycles. The monoisotopic (exact) mass is 190 g/mol. The molecule has 0 aliphatic carbocycles. The maximum Gasteiger partial charge on any atom is 0.136 e. The molecule has 0 aromatic carbocycles. The molecule has 1 aromatic rings. The Labute approximate surface area is 86.0 Å². The van der Waals surface area contributed by atoms with Gasteiger partial charge < -0.3 is 4.57 Å². The van der Waals surface area contributed by atoms with E-state index >= 15 is 0 Å². The molecular weight excluding hydrogens is 172 g/mol. The smallest absolute Gasteiger partial charge is 0.136 e. The van der Waals surface area contributed by atoms with E-state index in [1.54, 1.807) is 0 Å². The molecule has 0 bridgehead atoms. The largest absolute Gasteiger partial charge is 0.304 e. The molecule has 0 aliphatic rings. The predicted molar refractivity (Wildman–Crippen MR) is 62.0 cm³/mol. The van der Waals surface area contributed by atoms with Gasteiger partial charge in [0, 0.05) is 18.1 Å². The summed E-state index contributed by atoms with van der Waals surface area (Å²) in [6.07, 6.45) is 10.1. The molecule has 1 rings (SSSR count). The molecule has 0 atom stereocenters. The first kappa shape index (κ1) is 10.8. The predicted octanol–water partition coefficient (Wildman–Crippen LogP) is 3.53. The topological polar surface area (TPSA) is 17.8 Å². The number of nitrogens with zero attached hydrogens (tertiary/aromatic N) is 2. The van der Waals surface area contributed by atoms with Crippen LogP contribution in [0.3, 0.4) is 0 Å². The number of hydrogen-bond donors (Lipinski definition) is 0. The molecule has 0 N–H and O–H groups in total. The van der Waals surface area contributed by atoms with Crippen LogP contribution >= 0.6 is 0 Å². The molecular formula is C12H18N2. The van der Waals surface area contributed by atoms with Crippen LogP contribution < -0.4 is 0 Å². The average molecular weight is 190 g/mol. The lowest BCUT2D eigenvalue weighted by Gasteiger charge is -2.07. The van der Waals surface area contributed by atoms with Crippen LogP contribution in [0.5, 0.6) is 0 Å². The molecule has 0 amide bonds. The zero-order chi connectivity index (χ0) is 10.6. The van der Waals surface area contributed by atoms with Crippen molar-refractivity contribution in [1.29, 1.82) is 0 Å². The number of rotatable bonds is 3.